The summed E-state index contributed by atoms with van der Waals surface area (Å²) in [7, 11) is 0. The van der Waals surface area contributed by atoms with Gasteiger partial charge in [-0.1, -0.05) is 48.0 Å². The van der Waals surface area contributed by atoms with Gasteiger partial charge in [0.15, 0.2) is 0 Å². The standard InChI is InChI=1S/C17H22BrN3/c1-13(2)17-19-7-8-21(17)11-14-9-20(10-14)12-15-5-3-4-6-16(15)18/h3-8,13-14H,9-12H2,1-2H3. The number of nitrogens with zero attached hydrogens (tertiary/aromatic N) is 3. The van der Waals surface area contributed by atoms with E-state index in [0.29, 0.717) is 5.92 Å². The molecule has 0 saturated carbocycles. The van der Waals surface area contributed by atoms with Crippen molar-refractivity contribution >= 4 is 15.9 Å². The van der Waals surface area contributed by atoms with Crippen molar-refractivity contribution in [2.45, 2.75) is 32.9 Å². The maximum absolute atomic E-state index is 4.47. The summed E-state index contributed by atoms with van der Waals surface area (Å²) in [6.07, 6.45) is 4.04. The highest BCUT2D eigenvalue weighted by Crippen LogP contribution is 2.25. The molecule has 0 unspecified atom stereocenters. The van der Waals surface area contributed by atoms with Crippen LogP contribution in [0.4, 0.5) is 0 Å². The van der Waals surface area contributed by atoms with E-state index < -0.39 is 0 Å². The zero-order chi connectivity index (χ0) is 14.8. The molecule has 2 aromatic rings. The van der Waals surface area contributed by atoms with Crippen LogP contribution in [0.1, 0.15) is 31.2 Å². The number of rotatable bonds is 5. The lowest BCUT2D eigenvalue weighted by Crippen LogP contribution is -2.47. The molecule has 1 fully saturated rings. The molecule has 0 bridgehead atoms. The van der Waals surface area contributed by atoms with Crippen molar-refractivity contribution in [3.05, 3.63) is 52.5 Å². The van der Waals surface area contributed by atoms with Gasteiger partial charge in [0.1, 0.15) is 5.82 Å². The largest absolute Gasteiger partial charge is 0.334 e. The highest BCUT2D eigenvalue weighted by molar-refractivity contribution is 9.10. The molecule has 1 aliphatic rings. The van der Waals surface area contributed by atoms with Gasteiger partial charge in [0.2, 0.25) is 0 Å². The zero-order valence-corrected chi connectivity index (χ0v) is 14.3. The maximum Gasteiger partial charge on any atom is 0.111 e. The number of benzene rings is 1. The molecule has 0 radical (unpaired) electrons. The lowest BCUT2D eigenvalue weighted by molar-refractivity contribution is 0.0794. The smallest absolute Gasteiger partial charge is 0.111 e. The molecule has 0 atom stereocenters. The topological polar surface area (TPSA) is 21.1 Å². The van der Waals surface area contributed by atoms with Crippen LogP contribution >= 0.6 is 15.9 Å². The van der Waals surface area contributed by atoms with Crippen molar-refractivity contribution in [1.29, 1.82) is 0 Å². The van der Waals surface area contributed by atoms with Crippen LogP contribution < -0.4 is 0 Å². The second-order valence-corrected chi connectivity index (χ2v) is 7.10. The molecule has 2 heterocycles. The minimum absolute atomic E-state index is 0.497. The van der Waals surface area contributed by atoms with Gasteiger partial charge in [-0.3, -0.25) is 4.90 Å². The second kappa shape index (κ2) is 6.32. The average Bonchev–Trinajstić information content (AvgIpc) is 2.87. The van der Waals surface area contributed by atoms with Crippen LogP contribution in [0.25, 0.3) is 0 Å². The minimum Gasteiger partial charge on any atom is -0.334 e. The van der Waals surface area contributed by atoms with Crippen LogP contribution in [0.3, 0.4) is 0 Å². The third-order valence-corrected chi connectivity index (χ3v) is 4.88. The summed E-state index contributed by atoms with van der Waals surface area (Å²) in [5.41, 5.74) is 1.38. The molecule has 112 valence electrons. The molecule has 0 N–H and O–H groups in total. The number of imidazole rings is 1. The molecular weight excluding hydrogens is 326 g/mol. The highest BCUT2D eigenvalue weighted by atomic mass is 79.9. The van der Waals surface area contributed by atoms with Gasteiger partial charge in [0.25, 0.3) is 0 Å². The summed E-state index contributed by atoms with van der Waals surface area (Å²) < 4.78 is 3.54. The van der Waals surface area contributed by atoms with Crippen LogP contribution in [0.5, 0.6) is 0 Å². The quantitative estimate of drug-likeness (QED) is 0.817. The Balaban J connectivity index is 1.52. The summed E-state index contributed by atoms with van der Waals surface area (Å²) in [4.78, 5) is 6.98. The zero-order valence-electron chi connectivity index (χ0n) is 12.7. The lowest BCUT2D eigenvalue weighted by atomic mass is 9.99. The Morgan fingerprint density at radius 3 is 2.76 bits per heavy atom. The van der Waals surface area contributed by atoms with E-state index in [2.05, 4.69) is 74.7 Å². The highest BCUT2D eigenvalue weighted by Gasteiger charge is 2.27. The number of halogens is 1. The van der Waals surface area contributed by atoms with Crippen molar-refractivity contribution in [2.24, 2.45) is 5.92 Å². The van der Waals surface area contributed by atoms with Gasteiger partial charge in [0, 0.05) is 54.9 Å². The molecule has 3 rings (SSSR count). The Labute approximate surface area is 135 Å². The van der Waals surface area contributed by atoms with Crippen LogP contribution in [0.15, 0.2) is 41.1 Å². The van der Waals surface area contributed by atoms with Crippen molar-refractivity contribution in [3.63, 3.8) is 0 Å². The summed E-state index contributed by atoms with van der Waals surface area (Å²) >= 11 is 3.63. The molecule has 0 aliphatic carbocycles. The van der Waals surface area contributed by atoms with E-state index in [-0.39, 0.29) is 0 Å². The fourth-order valence-electron chi connectivity index (χ4n) is 3.04. The van der Waals surface area contributed by atoms with E-state index in [1.165, 1.54) is 29.0 Å². The fourth-order valence-corrected chi connectivity index (χ4v) is 3.45. The first kappa shape index (κ1) is 14.8. The van der Waals surface area contributed by atoms with Crippen LogP contribution in [0.2, 0.25) is 0 Å². The third kappa shape index (κ3) is 3.38. The van der Waals surface area contributed by atoms with E-state index in [4.69, 9.17) is 0 Å². The Morgan fingerprint density at radius 2 is 2.05 bits per heavy atom. The molecule has 1 aromatic carbocycles. The minimum atomic E-state index is 0.497. The number of likely N-dealkylation sites (tertiary alicyclic amines) is 1. The van der Waals surface area contributed by atoms with E-state index >= 15 is 0 Å². The predicted octanol–water partition coefficient (Wildman–Crippen LogP) is 3.90. The van der Waals surface area contributed by atoms with Gasteiger partial charge >= 0.3 is 0 Å². The first-order chi connectivity index (χ1) is 10.1. The molecule has 1 saturated heterocycles. The van der Waals surface area contributed by atoms with E-state index in [1.807, 2.05) is 6.20 Å². The van der Waals surface area contributed by atoms with E-state index in [1.54, 1.807) is 0 Å². The van der Waals surface area contributed by atoms with Crippen molar-refractivity contribution in [2.75, 3.05) is 13.1 Å². The molecule has 21 heavy (non-hydrogen) atoms. The monoisotopic (exact) mass is 347 g/mol. The molecular formula is C17H22BrN3. The molecule has 3 nitrogen and oxygen atoms in total. The molecule has 0 spiro atoms. The van der Waals surface area contributed by atoms with Crippen molar-refractivity contribution in [1.82, 2.24) is 14.5 Å². The summed E-state index contributed by atoms with van der Waals surface area (Å²) in [5.74, 6) is 2.45. The van der Waals surface area contributed by atoms with Gasteiger partial charge in [0.05, 0.1) is 0 Å². The molecule has 4 heteroatoms. The Hall–Kier alpha value is -1.13. The Morgan fingerprint density at radius 1 is 1.29 bits per heavy atom. The van der Waals surface area contributed by atoms with Gasteiger partial charge in [-0.05, 0) is 11.6 Å². The maximum atomic E-state index is 4.47. The van der Waals surface area contributed by atoms with Gasteiger partial charge in [-0.15, -0.1) is 0 Å². The van der Waals surface area contributed by atoms with Crippen LogP contribution in [-0.4, -0.2) is 27.5 Å². The molecule has 1 aromatic heterocycles. The number of hydrogen-bond donors (Lipinski definition) is 0. The molecule has 0 amide bonds. The Kier molecular flexibility index (Phi) is 4.45. The Bertz CT molecular complexity index is 600. The first-order valence-electron chi connectivity index (χ1n) is 7.60. The number of hydrogen-bond acceptors (Lipinski definition) is 2. The van der Waals surface area contributed by atoms with Gasteiger partial charge < -0.3 is 4.57 Å². The number of aromatic nitrogens is 2. The predicted molar refractivity (Wildman–Crippen MR) is 89.2 cm³/mol. The summed E-state index contributed by atoms with van der Waals surface area (Å²) in [6.45, 7) is 8.91. The molecule has 1 aliphatic heterocycles. The van der Waals surface area contributed by atoms with Gasteiger partial charge in [-0.25, -0.2) is 4.98 Å². The summed E-state index contributed by atoms with van der Waals surface area (Å²) in [5, 5.41) is 0. The van der Waals surface area contributed by atoms with E-state index in [9.17, 15) is 0 Å². The lowest BCUT2D eigenvalue weighted by Gasteiger charge is -2.40. The van der Waals surface area contributed by atoms with Crippen molar-refractivity contribution in [3.8, 4) is 0 Å². The first-order valence-corrected chi connectivity index (χ1v) is 8.39. The van der Waals surface area contributed by atoms with Gasteiger partial charge in [-0.2, -0.15) is 0 Å². The normalized spacial score (nSPS) is 16.4. The second-order valence-electron chi connectivity index (χ2n) is 6.24. The van der Waals surface area contributed by atoms with Crippen LogP contribution in [0, 0.1) is 5.92 Å². The summed E-state index contributed by atoms with van der Waals surface area (Å²) in [6, 6.07) is 8.49. The van der Waals surface area contributed by atoms with Crippen LogP contribution in [-0.2, 0) is 13.1 Å². The fraction of sp³-hybridized carbons (Fsp3) is 0.471. The van der Waals surface area contributed by atoms with Crippen molar-refractivity contribution < 1.29 is 0 Å². The SMILES string of the molecule is CC(C)c1nccn1CC1CN(Cc2ccccc2Br)C1. The van der Waals surface area contributed by atoms with E-state index in [0.717, 1.165) is 19.0 Å². The third-order valence-electron chi connectivity index (χ3n) is 4.10. The average molecular weight is 348 g/mol.